The van der Waals surface area contributed by atoms with Gasteiger partial charge in [0.1, 0.15) is 0 Å². The molecule has 0 fully saturated rings. The average molecular weight is 733 g/mol. The van der Waals surface area contributed by atoms with E-state index < -0.39 is 17.7 Å². The van der Waals surface area contributed by atoms with Gasteiger partial charge in [0.25, 0.3) is 11.8 Å². The number of nitrogens with two attached hydrogens (primary N) is 1. The summed E-state index contributed by atoms with van der Waals surface area (Å²) < 4.78 is 43.8. The molecule has 0 radical (unpaired) electrons. The summed E-state index contributed by atoms with van der Waals surface area (Å²) in [5.41, 5.74) is 4.82. The fraction of sp³-hybridized carbons (Fsp3) is 0.794. The van der Waals surface area contributed by atoms with Crippen molar-refractivity contribution in [1.82, 2.24) is 15.1 Å². The number of primary amides is 1. The summed E-state index contributed by atoms with van der Waals surface area (Å²) >= 11 is 0. The lowest BCUT2D eigenvalue weighted by Gasteiger charge is -2.24. The predicted octanol–water partition coefficient (Wildman–Crippen LogP) is -0.167. The van der Waals surface area contributed by atoms with E-state index in [4.69, 9.17) is 43.6 Å². The van der Waals surface area contributed by atoms with Gasteiger partial charge in [-0.25, -0.2) is 0 Å². The molecule has 0 saturated heterocycles. The third-order valence-corrected chi connectivity index (χ3v) is 7.37. The molecule has 0 aromatic carbocycles. The molecule has 0 aromatic rings. The fourth-order valence-corrected chi connectivity index (χ4v) is 4.12. The first-order valence-electron chi connectivity index (χ1n) is 17.6. The molecule has 5 amide bonds. The zero-order valence-electron chi connectivity index (χ0n) is 30.7. The van der Waals surface area contributed by atoms with Crippen LogP contribution in [0.4, 0.5) is 0 Å². The number of carbonyl (C=O) groups is 5. The van der Waals surface area contributed by atoms with Crippen molar-refractivity contribution in [3.63, 3.8) is 0 Å². The molecule has 1 aliphatic rings. The van der Waals surface area contributed by atoms with Gasteiger partial charge in [-0.2, -0.15) is 0 Å². The van der Waals surface area contributed by atoms with Crippen molar-refractivity contribution in [3.05, 3.63) is 12.2 Å². The molecule has 0 atom stereocenters. The molecule has 17 heteroatoms. The van der Waals surface area contributed by atoms with Gasteiger partial charge in [0.15, 0.2) is 0 Å². The maximum absolute atomic E-state index is 12.9. The van der Waals surface area contributed by atoms with Gasteiger partial charge >= 0.3 is 0 Å². The second kappa shape index (κ2) is 29.5. The van der Waals surface area contributed by atoms with E-state index in [0.717, 1.165) is 11.3 Å². The van der Waals surface area contributed by atoms with E-state index >= 15 is 0 Å². The first kappa shape index (κ1) is 46.0. The Morgan fingerprint density at radius 3 is 1.39 bits per heavy atom. The normalized spacial score (nSPS) is 13.0. The smallest absolute Gasteiger partial charge is 0.253 e. The second-order valence-corrected chi connectivity index (χ2v) is 11.9. The standard InChI is InChI=1S/C34H60N4O13/c1-4-34(2,3)36-30(40)9-14-45-18-22-49-26-28-51-24-20-47-16-12-37(31(41)7-10-38-32(42)5-6-33(38)43)11-15-46-19-23-50-27-25-48-21-17-44-13-8-29(35)39/h5-6H,4,7-28H2,1-3H3,(H2,35,39)(H,36,40). The van der Waals surface area contributed by atoms with Crippen molar-refractivity contribution < 1.29 is 61.9 Å². The Bertz CT molecular complexity index is 1010. The van der Waals surface area contributed by atoms with Crippen LogP contribution < -0.4 is 11.1 Å². The van der Waals surface area contributed by atoms with Crippen molar-refractivity contribution in [2.45, 2.75) is 52.0 Å². The highest BCUT2D eigenvalue weighted by atomic mass is 16.6. The lowest BCUT2D eigenvalue weighted by molar-refractivity contribution is -0.138. The molecule has 3 N–H and O–H groups in total. The third-order valence-electron chi connectivity index (χ3n) is 7.37. The van der Waals surface area contributed by atoms with Gasteiger partial charge in [0.2, 0.25) is 17.7 Å². The minimum Gasteiger partial charge on any atom is -0.379 e. The summed E-state index contributed by atoms with van der Waals surface area (Å²) in [7, 11) is 0. The largest absolute Gasteiger partial charge is 0.379 e. The number of imide groups is 1. The Labute approximate surface area is 301 Å². The molecule has 51 heavy (non-hydrogen) atoms. The molecular weight excluding hydrogens is 672 g/mol. The molecule has 0 bridgehead atoms. The molecular formula is C34H60N4O13. The summed E-state index contributed by atoms with van der Waals surface area (Å²) in [6.45, 7) is 12.1. The van der Waals surface area contributed by atoms with Crippen molar-refractivity contribution in [3.8, 4) is 0 Å². The van der Waals surface area contributed by atoms with Crippen LogP contribution in [0.3, 0.4) is 0 Å². The van der Waals surface area contributed by atoms with Crippen LogP contribution in [0.2, 0.25) is 0 Å². The quantitative estimate of drug-likeness (QED) is 0.0643. The topological polar surface area (TPSA) is 204 Å². The lowest BCUT2D eigenvalue weighted by Crippen LogP contribution is -2.43. The fourth-order valence-electron chi connectivity index (χ4n) is 4.12. The van der Waals surface area contributed by atoms with E-state index in [1.165, 1.54) is 12.2 Å². The maximum Gasteiger partial charge on any atom is 0.253 e. The van der Waals surface area contributed by atoms with Gasteiger partial charge in [-0.15, -0.1) is 0 Å². The predicted molar refractivity (Wildman–Crippen MR) is 185 cm³/mol. The Morgan fingerprint density at radius 1 is 0.627 bits per heavy atom. The molecule has 0 saturated carbocycles. The van der Waals surface area contributed by atoms with E-state index in [1.807, 2.05) is 20.8 Å². The van der Waals surface area contributed by atoms with Gasteiger partial charge in [0, 0.05) is 56.6 Å². The van der Waals surface area contributed by atoms with Crippen LogP contribution >= 0.6 is 0 Å². The molecule has 0 aromatic heterocycles. The minimum absolute atomic E-state index is 0.00610. The number of amides is 5. The third kappa shape index (κ3) is 25.6. The van der Waals surface area contributed by atoms with Crippen LogP contribution in [0.5, 0.6) is 0 Å². The number of nitrogens with one attached hydrogen (secondary N) is 1. The van der Waals surface area contributed by atoms with Gasteiger partial charge in [-0.3, -0.25) is 28.9 Å². The number of rotatable bonds is 35. The van der Waals surface area contributed by atoms with Crippen LogP contribution in [0, 0.1) is 0 Å². The zero-order valence-corrected chi connectivity index (χ0v) is 30.7. The first-order valence-corrected chi connectivity index (χ1v) is 17.6. The Balaban J connectivity index is 2.15. The average Bonchev–Trinajstić information content (AvgIpc) is 3.41. The van der Waals surface area contributed by atoms with Crippen LogP contribution in [-0.4, -0.2) is 170 Å². The number of hydrogen-bond donors (Lipinski definition) is 2. The second-order valence-electron chi connectivity index (χ2n) is 11.9. The van der Waals surface area contributed by atoms with Crippen molar-refractivity contribution >= 4 is 29.5 Å². The maximum atomic E-state index is 12.9. The monoisotopic (exact) mass is 732 g/mol. The molecule has 1 heterocycles. The van der Waals surface area contributed by atoms with Crippen LogP contribution in [-0.2, 0) is 61.9 Å². The number of hydrogen-bond acceptors (Lipinski definition) is 13. The van der Waals surface area contributed by atoms with Crippen molar-refractivity contribution in [2.24, 2.45) is 5.73 Å². The molecule has 0 aliphatic carbocycles. The van der Waals surface area contributed by atoms with Gasteiger partial charge < -0.3 is 53.8 Å². The van der Waals surface area contributed by atoms with Crippen LogP contribution in [0.1, 0.15) is 46.5 Å². The van der Waals surface area contributed by atoms with Gasteiger partial charge in [-0.05, 0) is 20.3 Å². The molecule has 1 aliphatic heterocycles. The summed E-state index contributed by atoms with van der Waals surface area (Å²) in [5, 5.41) is 2.96. The van der Waals surface area contributed by atoms with Crippen LogP contribution in [0.25, 0.3) is 0 Å². The molecule has 17 nitrogen and oxygen atoms in total. The highest BCUT2D eigenvalue weighted by Gasteiger charge is 2.25. The number of ether oxygens (including phenoxy) is 8. The van der Waals surface area contributed by atoms with Gasteiger partial charge in [-0.1, -0.05) is 6.92 Å². The van der Waals surface area contributed by atoms with Crippen molar-refractivity contribution in [2.75, 3.05) is 125 Å². The Morgan fingerprint density at radius 2 is 1.00 bits per heavy atom. The number of nitrogens with zero attached hydrogens (tertiary/aromatic N) is 2. The molecule has 1 rings (SSSR count). The Hall–Kier alpha value is -3.03. The lowest BCUT2D eigenvalue weighted by atomic mass is 10.0. The summed E-state index contributed by atoms with van der Waals surface area (Å²) in [6, 6.07) is 0. The molecule has 294 valence electrons. The SMILES string of the molecule is CCC(C)(C)NC(=O)CCOCCOCCOCCOCCN(CCOCCOCCOCCOCCC(N)=O)C(=O)CCN1C(=O)C=CC1=O. The number of carbonyl (C=O) groups excluding carboxylic acids is 5. The molecule has 0 spiro atoms. The minimum atomic E-state index is -0.434. The molecule has 0 unspecified atom stereocenters. The van der Waals surface area contributed by atoms with E-state index in [0.29, 0.717) is 105 Å². The first-order chi connectivity index (χ1) is 24.6. The summed E-state index contributed by atoms with van der Waals surface area (Å²) in [5.74, 6) is -1.54. The highest BCUT2D eigenvalue weighted by molar-refractivity contribution is 6.13. The Kier molecular flexibility index (Phi) is 26.6. The summed E-state index contributed by atoms with van der Waals surface area (Å²) in [4.78, 5) is 61.8. The zero-order chi connectivity index (χ0) is 37.6. The van der Waals surface area contributed by atoms with Gasteiger partial charge in [0.05, 0.1) is 106 Å². The van der Waals surface area contributed by atoms with E-state index in [-0.39, 0.29) is 56.6 Å². The van der Waals surface area contributed by atoms with E-state index in [9.17, 15) is 24.0 Å². The van der Waals surface area contributed by atoms with Crippen molar-refractivity contribution in [1.29, 1.82) is 0 Å². The van der Waals surface area contributed by atoms with Crippen LogP contribution in [0.15, 0.2) is 12.2 Å². The van der Waals surface area contributed by atoms with E-state index in [2.05, 4.69) is 5.32 Å². The highest BCUT2D eigenvalue weighted by Crippen LogP contribution is 2.07. The summed E-state index contributed by atoms with van der Waals surface area (Å²) in [6.07, 6.45) is 3.69. The van der Waals surface area contributed by atoms with E-state index in [1.54, 1.807) is 4.90 Å².